The average Bonchev–Trinajstić information content (AvgIpc) is 2.74. The van der Waals surface area contributed by atoms with Crippen molar-refractivity contribution in [1.29, 1.82) is 0 Å². The fraction of sp³-hybridized carbons (Fsp3) is 0.286. The summed E-state index contributed by atoms with van der Waals surface area (Å²) in [7, 11) is 0. The zero-order valence-corrected chi connectivity index (χ0v) is 18.3. The quantitative estimate of drug-likeness (QED) is 0.234. The van der Waals surface area contributed by atoms with Gasteiger partial charge in [-0.05, 0) is 31.5 Å². The highest BCUT2D eigenvalue weighted by Gasteiger charge is 2.16. The van der Waals surface area contributed by atoms with Crippen molar-refractivity contribution in [3.63, 3.8) is 0 Å². The van der Waals surface area contributed by atoms with E-state index < -0.39 is 16.8 Å². The van der Waals surface area contributed by atoms with Crippen LogP contribution >= 0.6 is 11.6 Å². The molecule has 0 spiro atoms. The van der Waals surface area contributed by atoms with Gasteiger partial charge in [0.25, 0.3) is 5.69 Å². The van der Waals surface area contributed by atoms with Crippen molar-refractivity contribution in [1.82, 2.24) is 5.43 Å². The number of hydrogen-bond acceptors (Lipinski definition) is 8. The van der Waals surface area contributed by atoms with Crippen LogP contribution in [0.1, 0.15) is 25.0 Å². The lowest BCUT2D eigenvalue weighted by molar-refractivity contribution is -0.385. The van der Waals surface area contributed by atoms with E-state index in [0.717, 1.165) is 0 Å². The zero-order valence-electron chi connectivity index (χ0n) is 17.5. The molecule has 2 rings (SSSR count). The van der Waals surface area contributed by atoms with Gasteiger partial charge in [0.05, 0.1) is 35.8 Å². The second-order valence-corrected chi connectivity index (χ2v) is 6.62. The maximum Gasteiger partial charge on any atom is 0.344 e. The smallest absolute Gasteiger partial charge is 0.344 e. The fourth-order valence-corrected chi connectivity index (χ4v) is 2.90. The molecule has 2 aromatic rings. The predicted molar refractivity (Wildman–Crippen MR) is 117 cm³/mol. The molecule has 32 heavy (non-hydrogen) atoms. The minimum absolute atomic E-state index is 0.141. The molecule has 1 amide bonds. The number of para-hydroxylation sites is 1. The van der Waals surface area contributed by atoms with Crippen LogP contribution in [0.4, 0.5) is 5.69 Å². The van der Waals surface area contributed by atoms with Gasteiger partial charge in [0.2, 0.25) is 5.91 Å². The van der Waals surface area contributed by atoms with Crippen molar-refractivity contribution in [2.75, 3.05) is 19.8 Å². The Bertz CT molecular complexity index is 1010. The zero-order chi connectivity index (χ0) is 23.5. The summed E-state index contributed by atoms with van der Waals surface area (Å²) in [5, 5.41) is 15.1. The van der Waals surface area contributed by atoms with Crippen LogP contribution in [0.25, 0.3) is 0 Å². The molecule has 0 atom stereocenters. The van der Waals surface area contributed by atoms with E-state index in [0.29, 0.717) is 12.2 Å². The van der Waals surface area contributed by atoms with Crippen LogP contribution in [0.15, 0.2) is 41.5 Å². The Labute approximate surface area is 189 Å². The Morgan fingerprint density at radius 1 is 1.19 bits per heavy atom. The highest BCUT2D eigenvalue weighted by Crippen LogP contribution is 2.36. The van der Waals surface area contributed by atoms with Gasteiger partial charge in [-0.2, -0.15) is 5.10 Å². The Balaban J connectivity index is 2.07. The van der Waals surface area contributed by atoms with Gasteiger partial charge >= 0.3 is 5.97 Å². The number of carbonyl (C=O) groups is 2. The lowest BCUT2D eigenvalue weighted by atomic mass is 10.1. The molecule has 11 heteroatoms. The molecular formula is C21H22ClN3O7. The van der Waals surface area contributed by atoms with Crippen molar-refractivity contribution in [2.45, 2.75) is 20.3 Å². The molecule has 0 aliphatic heterocycles. The normalized spacial score (nSPS) is 10.6. The summed E-state index contributed by atoms with van der Waals surface area (Å²) >= 11 is 6.26. The van der Waals surface area contributed by atoms with Gasteiger partial charge in [-0.3, -0.25) is 14.9 Å². The average molecular weight is 464 g/mol. The molecule has 170 valence electrons. The maximum absolute atomic E-state index is 12.1. The van der Waals surface area contributed by atoms with E-state index in [-0.39, 0.29) is 47.4 Å². The summed E-state index contributed by atoms with van der Waals surface area (Å²) in [6, 6.07) is 9.06. The fourth-order valence-electron chi connectivity index (χ4n) is 2.63. The molecule has 0 aliphatic carbocycles. The van der Waals surface area contributed by atoms with Gasteiger partial charge in [0.1, 0.15) is 0 Å². The van der Waals surface area contributed by atoms with E-state index in [4.69, 9.17) is 25.8 Å². The van der Waals surface area contributed by atoms with Crippen molar-refractivity contribution in [3.8, 4) is 11.5 Å². The largest absolute Gasteiger partial charge is 0.490 e. The van der Waals surface area contributed by atoms with Crippen LogP contribution in [0, 0.1) is 10.1 Å². The number of nitro benzene ring substituents is 1. The molecule has 0 unspecified atom stereocenters. The first-order valence-electron chi connectivity index (χ1n) is 9.64. The van der Waals surface area contributed by atoms with Gasteiger partial charge in [-0.25, -0.2) is 10.2 Å². The number of amides is 1. The van der Waals surface area contributed by atoms with Crippen LogP contribution in [-0.2, 0) is 20.7 Å². The first-order valence-corrected chi connectivity index (χ1v) is 10.0. The summed E-state index contributed by atoms with van der Waals surface area (Å²) in [6.45, 7) is 3.67. The van der Waals surface area contributed by atoms with Gasteiger partial charge in [-0.15, -0.1) is 0 Å². The summed E-state index contributed by atoms with van der Waals surface area (Å²) in [5.41, 5.74) is 2.94. The third-order valence-corrected chi connectivity index (χ3v) is 4.19. The Hall–Kier alpha value is -3.66. The van der Waals surface area contributed by atoms with E-state index in [1.807, 2.05) is 0 Å². The van der Waals surface area contributed by atoms with Crippen molar-refractivity contribution in [2.24, 2.45) is 5.10 Å². The predicted octanol–water partition coefficient (Wildman–Crippen LogP) is 3.28. The molecule has 2 aromatic carbocycles. The van der Waals surface area contributed by atoms with Crippen LogP contribution in [0.3, 0.4) is 0 Å². The number of benzene rings is 2. The maximum atomic E-state index is 12.1. The molecule has 10 nitrogen and oxygen atoms in total. The highest BCUT2D eigenvalue weighted by molar-refractivity contribution is 6.32. The summed E-state index contributed by atoms with van der Waals surface area (Å²) in [4.78, 5) is 34.1. The number of halogens is 1. The molecule has 0 heterocycles. The first-order chi connectivity index (χ1) is 15.3. The minimum Gasteiger partial charge on any atom is -0.490 e. The van der Waals surface area contributed by atoms with Gasteiger partial charge in [-0.1, -0.05) is 29.8 Å². The summed E-state index contributed by atoms with van der Waals surface area (Å²) < 4.78 is 15.8. The van der Waals surface area contributed by atoms with E-state index in [1.54, 1.807) is 26.0 Å². The van der Waals surface area contributed by atoms with E-state index in [1.165, 1.54) is 30.5 Å². The van der Waals surface area contributed by atoms with Crippen LogP contribution in [0.2, 0.25) is 5.02 Å². The minimum atomic E-state index is -0.547. The molecule has 0 aromatic heterocycles. The van der Waals surface area contributed by atoms with E-state index >= 15 is 0 Å². The van der Waals surface area contributed by atoms with Gasteiger partial charge < -0.3 is 14.2 Å². The third-order valence-electron chi connectivity index (χ3n) is 3.91. The van der Waals surface area contributed by atoms with Crippen molar-refractivity contribution < 1.29 is 28.7 Å². The van der Waals surface area contributed by atoms with E-state index in [9.17, 15) is 19.7 Å². The molecule has 0 radical (unpaired) electrons. The second-order valence-electron chi connectivity index (χ2n) is 6.21. The van der Waals surface area contributed by atoms with Crippen LogP contribution < -0.4 is 14.9 Å². The van der Waals surface area contributed by atoms with Crippen LogP contribution in [-0.4, -0.2) is 42.8 Å². The lowest BCUT2D eigenvalue weighted by Crippen LogP contribution is -2.20. The van der Waals surface area contributed by atoms with Crippen LogP contribution in [0.5, 0.6) is 11.5 Å². The van der Waals surface area contributed by atoms with Gasteiger partial charge in [0, 0.05) is 11.6 Å². The highest BCUT2D eigenvalue weighted by atomic mass is 35.5. The number of carbonyl (C=O) groups excluding carboxylic acids is 2. The Morgan fingerprint density at radius 3 is 2.62 bits per heavy atom. The van der Waals surface area contributed by atoms with Crippen molar-refractivity contribution >= 4 is 35.4 Å². The molecule has 0 bridgehead atoms. The molecule has 0 saturated heterocycles. The number of nitrogens with one attached hydrogen (secondary N) is 1. The molecule has 1 N–H and O–H groups in total. The topological polar surface area (TPSA) is 129 Å². The van der Waals surface area contributed by atoms with E-state index in [2.05, 4.69) is 10.5 Å². The first kappa shape index (κ1) is 24.6. The third kappa shape index (κ3) is 7.24. The number of ether oxygens (including phenoxy) is 3. The lowest BCUT2D eigenvalue weighted by Gasteiger charge is -2.14. The standard InChI is InChI=1S/C21H22ClN3O7/c1-3-30-18-10-14(9-16(22)21(18)32-13-20(27)31-4-2)12-23-24-19(26)11-15-7-5-6-8-17(15)25(28)29/h5-10,12H,3-4,11,13H2,1-2H3,(H,24,26). The van der Waals surface area contributed by atoms with Gasteiger partial charge in [0.15, 0.2) is 18.1 Å². The molecular weight excluding hydrogens is 442 g/mol. The number of rotatable bonds is 11. The SMILES string of the molecule is CCOC(=O)COc1c(Cl)cc(C=NNC(=O)Cc2ccccc2[N+](=O)[O-])cc1OCC. The number of nitrogens with zero attached hydrogens (tertiary/aromatic N) is 2. The number of hydrazone groups is 1. The molecule has 0 fully saturated rings. The Morgan fingerprint density at radius 2 is 1.94 bits per heavy atom. The van der Waals surface area contributed by atoms with Crippen molar-refractivity contribution in [3.05, 3.63) is 62.7 Å². The number of hydrogen-bond donors (Lipinski definition) is 1. The molecule has 0 saturated carbocycles. The monoisotopic (exact) mass is 463 g/mol. The number of esters is 1. The summed E-state index contributed by atoms with van der Waals surface area (Å²) in [5.74, 6) is -0.602. The molecule has 0 aliphatic rings. The number of nitro groups is 1. The Kier molecular flexibility index (Phi) is 9.43. The second kappa shape index (κ2) is 12.3. The summed E-state index contributed by atoms with van der Waals surface area (Å²) in [6.07, 6.45) is 1.13.